The largest absolute Gasteiger partial charge is 0.372 e. The standard InChI is InChI=1S/C12H17NO3S/c14-17(15)16-10-11-6-8-13(9-7-11)12-4-2-1-3-5-12/h1-5,11,17H,6-10H2. The Balaban J connectivity index is 1.82. The molecule has 0 unspecified atom stereocenters. The molecule has 2 rings (SSSR count). The fourth-order valence-corrected chi connectivity index (χ4v) is 2.50. The topological polar surface area (TPSA) is 46.6 Å². The lowest BCUT2D eigenvalue weighted by Gasteiger charge is -2.33. The maximum absolute atomic E-state index is 10.3. The van der Waals surface area contributed by atoms with Gasteiger partial charge >= 0.3 is 0 Å². The minimum Gasteiger partial charge on any atom is -0.372 e. The van der Waals surface area contributed by atoms with Crippen LogP contribution in [0, 0.1) is 5.92 Å². The number of benzene rings is 1. The van der Waals surface area contributed by atoms with Crippen molar-refractivity contribution >= 4 is 16.7 Å². The molecule has 4 nitrogen and oxygen atoms in total. The predicted octanol–water partition coefficient (Wildman–Crippen LogP) is 1.45. The monoisotopic (exact) mass is 255 g/mol. The highest BCUT2D eigenvalue weighted by atomic mass is 32.2. The first-order valence-electron chi connectivity index (χ1n) is 5.83. The lowest BCUT2D eigenvalue weighted by molar-refractivity contribution is 0.236. The summed E-state index contributed by atoms with van der Waals surface area (Å²) in [6.45, 7) is 2.27. The normalized spacial score (nSPS) is 17.6. The minimum absolute atomic E-state index is 0.335. The van der Waals surface area contributed by atoms with Crippen molar-refractivity contribution in [3.63, 3.8) is 0 Å². The molecular weight excluding hydrogens is 238 g/mol. The molecule has 1 heterocycles. The highest BCUT2D eigenvalue weighted by molar-refractivity contribution is 7.67. The van der Waals surface area contributed by atoms with Crippen molar-refractivity contribution in [3.8, 4) is 0 Å². The van der Waals surface area contributed by atoms with E-state index < -0.39 is 11.0 Å². The van der Waals surface area contributed by atoms with Crippen LogP contribution in [0.4, 0.5) is 5.69 Å². The fraction of sp³-hybridized carbons (Fsp3) is 0.500. The van der Waals surface area contributed by atoms with E-state index in [2.05, 4.69) is 21.2 Å². The van der Waals surface area contributed by atoms with Crippen molar-refractivity contribution in [2.24, 2.45) is 5.92 Å². The third kappa shape index (κ3) is 3.71. The second-order valence-corrected chi connectivity index (χ2v) is 4.99. The molecule has 0 N–H and O–H groups in total. The van der Waals surface area contributed by atoms with Gasteiger partial charge in [0.15, 0.2) is 0 Å². The summed E-state index contributed by atoms with van der Waals surface area (Å²) in [4.78, 5) is 2.33. The van der Waals surface area contributed by atoms with Gasteiger partial charge in [0.25, 0.3) is 11.0 Å². The van der Waals surface area contributed by atoms with E-state index in [0.717, 1.165) is 25.9 Å². The molecule has 5 heteroatoms. The van der Waals surface area contributed by atoms with Gasteiger partial charge in [-0.15, -0.1) is 0 Å². The van der Waals surface area contributed by atoms with E-state index in [1.807, 2.05) is 18.2 Å². The molecular formula is C12H17NO3S. The van der Waals surface area contributed by atoms with Gasteiger partial charge in [0.2, 0.25) is 0 Å². The first kappa shape index (κ1) is 12.4. The van der Waals surface area contributed by atoms with Crippen LogP contribution in [-0.4, -0.2) is 28.1 Å². The molecule has 0 saturated carbocycles. The molecule has 0 radical (unpaired) electrons. The van der Waals surface area contributed by atoms with Crippen molar-refractivity contribution in [2.45, 2.75) is 12.8 Å². The van der Waals surface area contributed by atoms with Crippen LogP contribution in [0.1, 0.15) is 12.8 Å². The van der Waals surface area contributed by atoms with Crippen LogP contribution in [0.25, 0.3) is 0 Å². The molecule has 1 aliphatic rings. The number of hydrogen-bond acceptors (Lipinski definition) is 4. The first-order valence-corrected chi connectivity index (χ1v) is 6.92. The molecule has 0 bridgehead atoms. The van der Waals surface area contributed by atoms with E-state index in [-0.39, 0.29) is 0 Å². The Morgan fingerprint density at radius 1 is 1.18 bits per heavy atom. The van der Waals surface area contributed by atoms with Crippen LogP contribution in [-0.2, 0) is 15.2 Å². The maximum Gasteiger partial charge on any atom is 0.257 e. The summed E-state index contributed by atoms with van der Waals surface area (Å²) < 4.78 is 25.3. The quantitative estimate of drug-likeness (QED) is 0.827. The zero-order valence-corrected chi connectivity index (χ0v) is 10.5. The third-order valence-corrected chi connectivity index (χ3v) is 3.51. The second-order valence-electron chi connectivity index (χ2n) is 4.29. The van der Waals surface area contributed by atoms with E-state index in [1.54, 1.807) is 0 Å². The van der Waals surface area contributed by atoms with E-state index in [1.165, 1.54) is 5.69 Å². The summed E-state index contributed by atoms with van der Waals surface area (Å²) in [5, 5.41) is 0. The summed E-state index contributed by atoms with van der Waals surface area (Å²) in [5.74, 6) is 0.364. The van der Waals surface area contributed by atoms with Crippen LogP contribution in [0.15, 0.2) is 30.3 Å². The molecule has 1 aromatic rings. The minimum atomic E-state index is -2.69. The Bertz CT molecular complexity index is 403. The van der Waals surface area contributed by atoms with Gasteiger partial charge in [-0.3, -0.25) is 4.18 Å². The number of piperidine rings is 1. The zero-order chi connectivity index (χ0) is 12.1. The molecule has 1 fully saturated rings. The smallest absolute Gasteiger partial charge is 0.257 e. The van der Waals surface area contributed by atoms with Crippen molar-refractivity contribution in [3.05, 3.63) is 30.3 Å². The maximum atomic E-state index is 10.3. The molecule has 94 valence electrons. The highest BCUT2D eigenvalue weighted by Gasteiger charge is 2.19. The van der Waals surface area contributed by atoms with Gasteiger partial charge in [0.05, 0.1) is 6.61 Å². The van der Waals surface area contributed by atoms with Crippen LogP contribution < -0.4 is 4.90 Å². The SMILES string of the molecule is O=[SH](=O)OCC1CCN(c2ccccc2)CC1. The van der Waals surface area contributed by atoms with Crippen LogP contribution in [0.3, 0.4) is 0 Å². The Labute approximate surface area is 103 Å². The summed E-state index contributed by atoms with van der Waals surface area (Å²) in [6.07, 6.45) is 1.97. The molecule has 1 aromatic carbocycles. The zero-order valence-electron chi connectivity index (χ0n) is 9.62. The highest BCUT2D eigenvalue weighted by Crippen LogP contribution is 2.22. The first-order chi connectivity index (χ1) is 8.25. The summed E-state index contributed by atoms with van der Waals surface area (Å²) >= 11 is 0. The van der Waals surface area contributed by atoms with E-state index in [9.17, 15) is 8.42 Å². The van der Waals surface area contributed by atoms with Gasteiger partial charge in [-0.2, -0.15) is 0 Å². The lowest BCUT2D eigenvalue weighted by Crippen LogP contribution is -2.34. The lowest BCUT2D eigenvalue weighted by atomic mass is 9.97. The van der Waals surface area contributed by atoms with Crippen molar-refractivity contribution in [1.29, 1.82) is 0 Å². The number of rotatable bonds is 4. The molecule has 17 heavy (non-hydrogen) atoms. The van der Waals surface area contributed by atoms with Gasteiger partial charge in [0, 0.05) is 18.8 Å². The van der Waals surface area contributed by atoms with Crippen molar-refractivity contribution in [2.75, 3.05) is 24.6 Å². The molecule has 0 spiro atoms. The van der Waals surface area contributed by atoms with Gasteiger partial charge < -0.3 is 4.90 Å². The van der Waals surface area contributed by atoms with Gasteiger partial charge in [-0.05, 0) is 30.9 Å². The molecule has 0 amide bonds. The third-order valence-electron chi connectivity index (χ3n) is 3.15. The Morgan fingerprint density at radius 3 is 2.41 bits per heavy atom. The number of anilines is 1. The van der Waals surface area contributed by atoms with Crippen LogP contribution in [0.2, 0.25) is 0 Å². The second kappa shape index (κ2) is 6.02. The predicted molar refractivity (Wildman–Crippen MR) is 67.6 cm³/mol. The molecule has 1 saturated heterocycles. The van der Waals surface area contributed by atoms with Gasteiger partial charge in [0.1, 0.15) is 0 Å². The van der Waals surface area contributed by atoms with E-state index in [4.69, 9.17) is 0 Å². The molecule has 0 aliphatic carbocycles. The summed E-state index contributed by atoms with van der Waals surface area (Å²) in [5.41, 5.74) is 1.24. The van der Waals surface area contributed by atoms with E-state index >= 15 is 0 Å². The Kier molecular flexibility index (Phi) is 4.39. The average Bonchev–Trinajstić information content (AvgIpc) is 2.38. The Morgan fingerprint density at radius 2 is 1.82 bits per heavy atom. The Hall–Kier alpha value is -1.07. The number of para-hydroxylation sites is 1. The molecule has 0 atom stereocenters. The molecule has 0 aromatic heterocycles. The van der Waals surface area contributed by atoms with Crippen LogP contribution >= 0.6 is 0 Å². The summed E-state index contributed by atoms with van der Waals surface area (Å²) in [7, 11) is -2.69. The molecule has 1 aliphatic heterocycles. The van der Waals surface area contributed by atoms with Gasteiger partial charge in [-0.25, -0.2) is 8.42 Å². The van der Waals surface area contributed by atoms with Crippen molar-refractivity contribution in [1.82, 2.24) is 0 Å². The van der Waals surface area contributed by atoms with Crippen LogP contribution in [0.5, 0.6) is 0 Å². The number of nitrogens with zero attached hydrogens (tertiary/aromatic N) is 1. The number of hydrogen-bond donors (Lipinski definition) is 1. The van der Waals surface area contributed by atoms with Gasteiger partial charge in [-0.1, -0.05) is 18.2 Å². The average molecular weight is 255 g/mol. The number of thiol groups is 1. The van der Waals surface area contributed by atoms with Crippen molar-refractivity contribution < 1.29 is 12.6 Å². The van der Waals surface area contributed by atoms with E-state index in [0.29, 0.717) is 12.5 Å². The fourth-order valence-electron chi connectivity index (χ4n) is 2.16. The summed E-state index contributed by atoms with van der Waals surface area (Å²) in [6, 6.07) is 10.3.